The van der Waals surface area contributed by atoms with Crippen molar-refractivity contribution >= 4 is 17.3 Å². The first-order valence-electron chi connectivity index (χ1n) is 6.33. The lowest BCUT2D eigenvalue weighted by Gasteiger charge is -2.23. The van der Waals surface area contributed by atoms with Gasteiger partial charge in [0.05, 0.1) is 18.0 Å². The van der Waals surface area contributed by atoms with E-state index in [9.17, 15) is 9.90 Å². The number of hydrogen-bond acceptors (Lipinski definition) is 4. The van der Waals surface area contributed by atoms with Crippen LogP contribution in [0.15, 0.2) is 42.6 Å². The highest BCUT2D eigenvalue weighted by atomic mass is 16.3. The molecule has 5 nitrogen and oxygen atoms in total. The Labute approximate surface area is 117 Å². The number of aliphatic hydroxyl groups is 1. The molecule has 0 aliphatic rings. The Morgan fingerprint density at radius 2 is 2.10 bits per heavy atom. The summed E-state index contributed by atoms with van der Waals surface area (Å²) in [5.74, 6) is -0.206. The third-order valence-electron chi connectivity index (χ3n) is 2.94. The normalized spacial score (nSPS) is 10.3. The van der Waals surface area contributed by atoms with Crippen molar-refractivity contribution in [2.24, 2.45) is 0 Å². The molecule has 1 heterocycles. The number of para-hydroxylation sites is 2. The highest BCUT2D eigenvalue weighted by Gasteiger charge is 2.19. The molecule has 1 aromatic heterocycles. The van der Waals surface area contributed by atoms with Gasteiger partial charge in [0, 0.05) is 24.0 Å². The number of pyridine rings is 1. The van der Waals surface area contributed by atoms with Gasteiger partial charge in [0.25, 0.3) is 5.91 Å². The van der Waals surface area contributed by atoms with Crippen molar-refractivity contribution < 1.29 is 9.90 Å². The molecule has 0 saturated heterocycles. The van der Waals surface area contributed by atoms with Crippen LogP contribution in [-0.2, 0) is 0 Å². The Hall–Kier alpha value is -2.40. The number of nitrogen functional groups attached to an aromatic ring is 1. The van der Waals surface area contributed by atoms with E-state index in [0.717, 1.165) is 5.69 Å². The molecule has 1 aromatic carbocycles. The molecule has 0 aliphatic heterocycles. The van der Waals surface area contributed by atoms with Gasteiger partial charge in [-0.05, 0) is 31.2 Å². The zero-order valence-electron chi connectivity index (χ0n) is 11.3. The van der Waals surface area contributed by atoms with Crippen LogP contribution in [0, 0.1) is 6.92 Å². The van der Waals surface area contributed by atoms with Crippen LogP contribution in [0.1, 0.15) is 16.1 Å². The smallest absolute Gasteiger partial charge is 0.258 e. The predicted octanol–water partition coefficient (Wildman–Crippen LogP) is 1.61. The standard InChI is InChI=1S/C15H17N3O2/c1-11-10-12(6-7-17-11)15(20)18(8-9-19)14-5-3-2-4-13(14)16/h2-7,10,19H,8-9,16H2,1H3. The summed E-state index contributed by atoms with van der Waals surface area (Å²) >= 11 is 0. The molecule has 0 fully saturated rings. The molecule has 2 aromatic rings. The zero-order valence-corrected chi connectivity index (χ0v) is 11.3. The molecule has 0 spiro atoms. The minimum absolute atomic E-state index is 0.135. The fraction of sp³-hybridized carbons (Fsp3) is 0.200. The summed E-state index contributed by atoms with van der Waals surface area (Å²) in [6.45, 7) is 1.88. The van der Waals surface area contributed by atoms with Crippen LogP contribution in [0.3, 0.4) is 0 Å². The SMILES string of the molecule is Cc1cc(C(=O)N(CCO)c2ccccc2N)ccn1. The first-order valence-corrected chi connectivity index (χ1v) is 6.33. The van der Waals surface area contributed by atoms with Crippen LogP contribution >= 0.6 is 0 Å². The van der Waals surface area contributed by atoms with E-state index in [-0.39, 0.29) is 19.1 Å². The number of nitrogens with two attached hydrogens (primary N) is 1. The highest BCUT2D eigenvalue weighted by Crippen LogP contribution is 2.24. The Bertz CT molecular complexity index is 614. The van der Waals surface area contributed by atoms with Crippen LogP contribution in [0.2, 0.25) is 0 Å². The van der Waals surface area contributed by atoms with Gasteiger partial charge in [0.15, 0.2) is 0 Å². The second-order valence-corrected chi connectivity index (χ2v) is 4.43. The van der Waals surface area contributed by atoms with Gasteiger partial charge in [-0.25, -0.2) is 0 Å². The molecule has 5 heteroatoms. The lowest BCUT2D eigenvalue weighted by Crippen LogP contribution is -2.34. The van der Waals surface area contributed by atoms with Gasteiger partial charge < -0.3 is 15.7 Å². The Balaban J connectivity index is 2.39. The number of aryl methyl sites for hydroxylation is 1. The van der Waals surface area contributed by atoms with Gasteiger partial charge in [0.1, 0.15) is 0 Å². The molecule has 2 rings (SSSR count). The van der Waals surface area contributed by atoms with Crippen LogP contribution in [0.5, 0.6) is 0 Å². The van der Waals surface area contributed by atoms with Gasteiger partial charge in [0.2, 0.25) is 0 Å². The van der Waals surface area contributed by atoms with Crippen LogP contribution in [-0.4, -0.2) is 29.1 Å². The molecule has 0 radical (unpaired) electrons. The molecule has 0 saturated carbocycles. The summed E-state index contributed by atoms with van der Waals surface area (Å²) < 4.78 is 0. The number of aliphatic hydroxyl groups excluding tert-OH is 1. The number of aromatic nitrogens is 1. The van der Waals surface area contributed by atoms with Gasteiger partial charge in [-0.3, -0.25) is 9.78 Å². The van der Waals surface area contributed by atoms with Crippen molar-refractivity contribution in [2.75, 3.05) is 23.8 Å². The molecule has 0 bridgehead atoms. The van der Waals surface area contributed by atoms with E-state index in [1.165, 1.54) is 4.90 Å². The predicted molar refractivity (Wildman–Crippen MR) is 78.6 cm³/mol. The molecule has 1 amide bonds. The van der Waals surface area contributed by atoms with E-state index in [1.807, 2.05) is 6.92 Å². The maximum Gasteiger partial charge on any atom is 0.258 e. The molecular formula is C15H17N3O2. The van der Waals surface area contributed by atoms with Gasteiger partial charge >= 0.3 is 0 Å². The number of nitrogens with zero attached hydrogens (tertiary/aromatic N) is 2. The third-order valence-corrected chi connectivity index (χ3v) is 2.94. The number of benzene rings is 1. The molecule has 0 aliphatic carbocycles. The number of amides is 1. The van der Waals surface area contributed by atoms with Gasteiger partial charge in [-0.15, -0.1) is 0 Å². The van der Waals surface area contributed by atoms with Crippen molar-refractivity contribution in [3.05, 3.63) is 53.9 Å². The lowest BCUT2D eigenvalue weighted by atomic mass is 10.1. The first-order chi connectivity index (χ1) is 9.63. The van der Waals surface area contributed by atoms with Crippen molar-refractivity contribution in [1.29, 1.82) is 0 Å². The van der Waals surface area contributed by atoms with Gasteiger partial charge in [-0.1, -0.05) is 12.1 Å². The number of anilines is 2. The molecule has 0 unspecified atom stereocenters. The fourth-order valence-electron chi connectivity index (χ4n) is 2.00. The molecular weight excluding hydrogens is 254 g/mol. The summed E-state index contributed by atoms with van der Waals surface area (Å²) in [7, 11) is 0. The Kier molecular flexibility index (Phi) is 4.32. The minimum atomic E-state index is -0.206. The second-order valence-electron chi connectivity index (χ2n) is 4.43. The summed E-state index contributed by atoms with van der Waals surface area (Å²) in [6.07, 6.45) is 1.59. The average Bonchev–Trinajstić information content (AvgIpc) is 2.45. The molecule has 104 valence electrons. The lowest BCUT2D eigenvalue weighted by molar-refractivity contribution is 0.0981. The number of rotatable bonds is 4. The maximum atomic E-state index is 12.6. The Morgan fingerprint density at radius 3 is 2.75 bits per heavy atom. The maximum absolute atomic E-state index is 12.6. The van der Waals surface area contributed by atoms with E-state index >= 15 is 0 Å². The number of carbonyl (C=O) groups excluding carboxylic acids is 1. The Morgan fingerprint density at radius 1 is 1.35 bits per heavy atom. The van der Waals surface area contributed by atoms with E-state index in [4.69, 9.17) is 5.73 Å². The molecule has 3 N–H and O–H groups in total. The third kappa shape index (κ3) is 2.95. The zero-order chi connectivity index (χ0) is 14.5. The number of hydrogen-bond donors (Lipinski definition) is 2. The quantitative estimate of drug-likeness (QED) is 0.828. The van der Waals surface area contributed by atoms with Crippen LogP contribution < -0.4 is 10.6 Å². The topological polar surface area (TPSA) is 79.5 Å². The van der Waals surface area contributed by atoms with E-state index in [1.54, 1.807) is 42.6 Å². The van der Waals surface area contributed by atoms with E-state index in [2.05, 4.69) is 4.98 Å². The fourth-order valence-corrected chi connectivity index (χ4v) is 2.00. The highest BCUT2D eigenvalue weighted by molar-refractivity contribution is 6.07. The minimum Gasteiger partial charge on any atom is -0.397 e. The largest absolute Gasteiger partial charge is 0.397 e. The molecule has 20 heavy (non-hydrogen) atoms. The molecule has 0 atom stereocenters. The summed E-state index contributed by atoms with van der Waals surface area (Å²) in [4.78, 5) is 18.1. The van der Waals surface area contributed by atoms with Gasteiger partial charge in [-0.2, -0.15) is 0 Å². The summed E-state index contributed by atoms with van der Waals surface area (Å²) in [6, 6.07) is 10.5. The van der Waals surface area contributed by atoms with Crippen molar-refractivity contribution in [3.8, 4) is 0 Å². The number of carbonyl (C=O) groups is 1. The van der Waals surface area contributed by atoms with E-state index < -0.39 is 0 Å². The van der Waals surface area contributed by atoms with Crippen molar-refractivity contribution in [1.82, 2.24) is 4.98 Å². The summed E-state index contributed by atoms with van der Waals surface area (Å²) in [5, 5.41) is 9.19. The first kappa shape index (κ1) is 14.0. The van der Waals surface area contributed by atoms with Crippen LogP contribution in [0.4, 0.5) is 11.4 Å². The average molecular weight is 271 g/mol. The monoisotopic (exact) mass is 271 g/mol. The summed E-state index contributed by atoms with van der Waals surface area (Å²) in [5.41, 5.74) is 8.29. The van der Waals surface area contributed by atoms with Crippen LogP contribution in [0.25, 0.3) is 0 Å². The van der Waals surface area contributed by atoms with Crippen molar-refractivity contribution in [2.45, 2.75) is 6.92 Å². The van der Waals surface area contributed by atoms with E-state index in [0.29, 0.717) is 16.9 Å². The van der Waals surface area contributed by atoms with Crippen molar-refractivity contribution in [3.63, 3.8) is 0 Å². The second kappa shape index (κ2) is 6.16.